The fraction of sp³-hybridized carbons (Fsp3) is 0.462. The molecule has 19 heavy (non-hydrogen) atoms. The van der Waals surface area contributed by atoms with E-state index in [-0.39, 0.29) is 5.92 Å². The summed E-state index contributed by atoms with van der Waals surface area (Å²) in [4.78, 5) is 33.2. The highest BCUT2D eigenvalue weighted by atomic mass is 16.5. The van der Waals surface area contributed by atoms with E-state index >= 15 is 0 Å². The van der Waals surface area contributed by atoms with Crippen LogP contribution in [0.5, 0.6) is 0 Å². The largest absolute Gasteiger partial charge is 0.468 e. The van der Waals surface area contributed by atoms with E-state index in [9.17, 15) is 14.4 Å². The Hall–Kier alpha value is -1.95. The summed E-state index contributed by atoms with van der Waals surface area (Å²) in [5.41, 5.74) is 6.26. The van der Waals surface area contributed by atoms with Gasteiger partial charge in [-0.15, -0.1) is 0 Å². The minimum absolute atomic E-state index is 0.118. The molecule has 1 rings (SSSR count). The number of esters is 1. The highest BCUT2D eigenvalue weighted by molar-refractivity contribution is 6.35. The molecular formula is C13H18N2O4. The molecule has 0 heterocycles. The predicted molar refractivity (Wildman–Crippen MR) is 68.8 cm³/mol. The quantitative estimate of drug-likeness (QED) is 0.541. The van der Waals surface area contributed by atoms with Crippen LogP contribution in [0, 0.1) is 5.92 Å². The number of Topliss-reactive ketones (excluding diaryl/α,β-unsaturated/α-hetero) is 1. The number of methoxy groups -OCH3 is 1. The Morgan fingerprint density at radius 3 is 2.68 bits per heavy atom. The Kier molecular flexibility index (Phi) is 5.44. The molecule has 0 radical (unpaired) electrons. The molecule has 1 aliphatic rings. The molecule has 0 aromatic heterocycles. The molecule has 0 saturated carbocycles. The van der Waals surface area contributed by atoms with E-state index in [0.717, 1.165) is 0 Å². The zero-order valence-electron chi connectivity index (χ0n) is 11.0. The number of hydrogen-bond acceptors (Lipinski definition) is 5. The smallest absolute Gasteiger partial charge is 0.322 e. The summed E-state index contributed by atoms with van der Waals surface area (Å²) in [6, 6.07) is -0.651. The third-order valence-electron chi connectivity index (χ3n) is 2.83. The van der Waals surface area contributed by atoms with Crippen molar-refractivity contribution in [3.05, 3.63) is 23.9 Å². The standard InChI is InChI=1S/C13H18N2O4/c1-8(16)12(17)15-10-5-3-9(4-6-10)7-11(14)13(18)19-2/h3,5-6,9,11H,4,7,14H2,1-2H3,(H,15,17)/t9?,11-/m0/s1. The van der Waals surface area contributed by atoms with Crippen molar-refractivity contribution in [2.45, 2.75) is 25.8 Å². The van der Waals surface area contributed by atoms with Gasteiger partial charge in [0, 0.05) is 12.6 Å². The molecule has 0 bridgehead atoms. The van der Waals surface area contributed by atoms with E-state index in [1.165, 1.54) is 14.0 Å². The average Bonchev–Trinajstić information content (AvgIpc) is 2.39. The fourth-order valence-corrected chi connectivity index (χ4v) is 1.73. The van der Waals surface area contributed by atoms with Crippen LogP contribution in [-0.2, 0) is 19.1 Å². The average molecular weight is 266 g/mol. The van der Waals surface area contributed by atoms with Gasteiger partial charge in [0.2, 0.25) is 5.78 Å². The molecule has 1 aliphatic carbocycles. The molecule has 0 saturated heterocycles. The Labute approximate surface area is 111 Å². The monoisotopic (exact) mass is 266 g/mol. The van der Waals surface area contributed by atoms with Gasteiger partial charge in [-0.3, -0.25) is 14.4 Å². The van der Waals surface area contributed by atoms with Gasteiger partial charge in [-0.2, -0.15) is 0 Å². The third kappa shape index (κ3) is 4.67. The number of hydrogen-bond donors (Lipinski definition) is 2. The van der Waals surface area contributed by atoms with Gasteiger partial charge in [-0.05, 0) is 24.8 Å². The maximum atomic E-state index is 11.2. The lowest BCUT2D eigenvalue weighted by Crippen LogP contribution is -2.34. The molecule has 0 spiro atoms. The van der Waals surface area contributed by atoms with Gasteiger partial charge in [0.25, 0.3) is 5.91 Å². The SMILES string of the molecule is COC(=O)[C@@H](N)CC1C=CC(NC(=O)C(C)=O)=CC1. The minimum atomic E-state index is -0.651. The summed E-state index contributed by atoms with van der Waals surface area (Å²) in [6.07, 6.45) is 6.50. The molecule has 6 nitrogen and oxygen atoms in total. The normalized spacial score (nSPS) is 19.3. The number of ketones is 1. The van der Waals surface area contributed by atoms with E-state index in [4.69, 9.17) is 5.73 Å². The second kappa shape index (κ2) is 6.84. The van der Waals surface area contributed by atoms with E-state index < -0.39 is 23.7 Å². The van der Waals surface area contributed by atoms with E-state index in [1.807, 2.05) is 6.08 Å². The maximum absolute atomic E-state index is 11.2. The molecule has 0 aromatic carbocycles. The molecule has 104 valence electrons. The summed E-state index contributed by atoms with van der Waals surface area (Å²) in [5, 5.41) is 2.49. The van der Waals surface area contributed by atoms with Crippen molar-refractivity contribution in [2.75, 3.05) is 7.11 Å². The molecule has 6 heteroatoms. The van der Waals surface area contributed by atoms with Crippen molar-refractivity contribution in [2.24, 2.45) is 11.7 Å². The molecule has 1 unspecified atom stereocenters. The number of rotatable bonds is 5. The van der Waals surface area contributed by atoms with Crippen LogP contribution < -0.4 is 11.1 Å². The van der Waals surface area contributed by atoms with Gasteiger partial charge in [-0.1, -0.05) is 12.2 Å². The predicted octanol–water partition coefficient (Wildman–Crippen LogP) is 0.0420. The maximum Gasteiger partial charge on any atom is 0.322 e. The van der Waals surface area contributed by atoms with Gasteiger partial charge < -0.3 is 15.8 Å². The second-order valence-corrected chi connectivity index (χ2v) is 4.39. The van der Waals surface area contributed by atoms with Crippen molar-refractivity contribution in [3.63, 3.8) is 0 Å². The molecule has 0 aliphatic heterocycles. The van der Waals surface area contributed by atoms with Crippen molar-refractivity contribution in [1.29, 1.82) is 0 Å². The van der Waals surface area contributed by atoms with Crippen LogP contribution in [0.1, 0.15) is 19.8 Å². The zero-order chi connectivity index (χ0) is 14.4. The molecule has 0 fully saturated rings. The van der Waals surface area contributed by atoms with Crippen LogP contribution in [0.25, 0.3) is 0 Å². The number of carbonyl (C=O) groups excluding carboxylic acids is 3. The first-order chi connectivity index (χ1) is 8.93. The van der Waals surface area contributed by atoms with Crippen molar-refractivity contribution < 1.29 is 19.1 Å². The summed E-state index contributed by atoms with van der Waals surface area (Å²) >= 11 is 0. The molecule has 2 atom stereocenters. The van der Waals surface area contributed by atoms with Gasteiger partial charge in [0.15, 0.2) is 0 Å². The number of nitrogens with two attached hydrogens (primary N) is 1. The summed E-state index contributed by atoms with van der Waals surface area (Å²) in [6.45, 7) is 1.21. The number of ether oxygens (including phenoxy) is 1. The molecule has 0 aromatic rings. The first-order valence-corrected chi connectivity index (χ1v) is 5.97. The van der Waals surface area contributed by atoms with Crippen LogP contribution in [0.4, 0.5) is 0 Å². The van der Waals surface area contributed by atoms with Crippen LogP contribution in [0.3, 0.4) is 0 Å². The number of nitrogens with one attached hydrogen (secondary N) is 1. The summed E-state index contributed by atoms with van der Waals surface area (Å²) in [5.74, 6) is -1.50. The highest BCUT2D eigenvalue weighted by Gasteiger charge is 2.20. The van der Waals surface area contributed by atoms with Crippen molar-refractivity contribution in [1.82, 2.24) is 5.32 Å². The summed E-state index contributed by atoms with van der Waals surface area (Å²) < 4.78 is 4.56. The number of carbonyl (C=O) groups is 3. The lowest BCUT2D eigenvalue weighted by Gasteiger charge is -2.18. The lowest BCUT2D eigenvalue weighted by atomic mass is 9.92. The van der Waals surface area contributed by atoms with Gasteiger partial charge >= 0.3 is 5.97 Å². The van der Waals surface area contributed by atoms with Gasteiger partial charge in [0.05, 0.1) is 7.11 Å². The minimum Gasteiger partial charge on any atom is -0.468 e. The lowest BCUT2D eigenvalue weighted by molar-refractivity contribution is -0.142. The van der Waals surface area contributed by atoms with Crippen LogP contribution >= 0.6 is 0 Å². The van der Waals surface area contributed by atoms with Crippen molar-refractivity contribution in [3.8, 4) is 0 Å². The Balaban J connectivity index is 2.46. The van der Waals surface area contributed by atoms with E-state index in [2.05, 4.69) is 10.1 Å². The van der Waals surface area contributed by atoms with Crippen LogP contribution in [0.15, 0.2) is 23.9 Å². The Morgan fingerprint density at radius 1 is 1.53 bits per heavy atom. The fourth-order valence-electron chi connectivity index (χ4n) is 1.73. The topological polar surface area (TPSA) is 98.5 Å². The third-order valence-corrected chi connectivity index (χ3v) is 2.83. The van der Waals surface area contributed by atoms with Gasteiger partial charge in [0.1, 0.15) is 6.04 Å². The Bertz CT molecular complexity index is 440. The van der Waals surface area contributed by atoms with Crippen LogP contribution in [-0.4, -0.2) is 30.8 Å². The molecule has 1 amide bonds. The Morgan fingerprint density at radius 2 is 2.21 bits per heavy atom. The zero-order valence-corrected chi connectivity index (χ0v) is 11.0. The number of amides is 1. The van der Waals surface area contributed by atoms with Crippen molar-refractivity contribution >= 4 is 17.7 Å². The van der Waals surface area contributed by atoms with Gasteiger partial charge in [-0.25, -0.2) is 0 Å². The first kappa shape index (κ1) is 15.1. The van der Waals surface area contributed by atoms with Crippen LogP contribution in [0.2, 0.25) is 0 Å². The number of allylic oxidation sites excluding steroid dienone is 3. The second-order valence-electron chi connectivity index (χ2n) is 4.39. The summed E-state index contributed by atoms with van der Waals surface area (Å²) in [7, 11) is 1.30. The van der Waals surface area contributed by atoms with E-state index in [1.54, 1.807) is 12.2 Å². The molecular weight excluding hydrogens is 248 g/mol. The molecule has 3 N–H and O–H groups in total. The van der Waals surface area contributed by atoms with E-state index in [0.29, 0.717) is 18.5 Å². The first-order valence-electron chi connectivity index (χ1n) is 5.97. The highest BCUT2D eigenvalue weighted by Crippen LogP contribution is 2.19.